The summed E-state index contributed by atoms with van der Waals surface area (Å²) in [4.78, 5) is 19.4. The predicted molar refractivity (Wildman–Crippen MR) is 66.4 cm³/mol. The largest absolute Gasteiger partial charge is 0.319 e. The number of carbonyl (C=O) groups excluding carboxylic acids is 1. The zero-order valence-corrected chi connectivity index (χ0v) is 10.0. The quantitative estimate of drug-likeness (QED) is 0.910. The third kappa shape index (κ3) is 2.93. The summed E-state index contributed by atoms with van der Waals surface area (Å²) in [5.74, 6) is -0.373. The Labute approximate surface area is 108 Å². The molecular weight excluding hydrogens is 261 g/mol. The van der Waals surface area contributed by atoms with E-state index in [0.717, 1.165) is 0 Å². The molecule has 2 rings (SSSR count). The van der Waals surface area contributed by atoms with E-state index >= 15 is 0 Å². The highest BCUT2D eigenvalue weighted by molar-refractivity contribution is 6.36. The number of hydrogen-bond acceptors (Lipinski definition) is 3. The Kier molecular flexibility index (Phi) is 3.56. The molecule has 0 unspecified atom stereocenters. The zero-order chi connectivity index (χ0) is 12.3. The van der Waals surface area contributed by atoms with Crippen molar-refractivity contribution >= 4 is 34.8 Å². The third-order valence-electron chi connectivity index (χ3n) is 1.98. The van der Waals surface area contributed by atoms with Gasteiger partial charge >= 0.3 is 0 Å². The molecule has 1 aromatic heterocycles. The molecule has 1 N–H and O–H groups in total. The van der Waals surface area contributed by atoms with Crippen molar-refractivity contribution in [3.63, 3.8) is 0 Å². The van der Waals surface area contributed by atoms with Gasteiger partial charge in [0.2, 0.25) is 0 Å². The third-order valence-corrected chi connectivity index (χ3v) is 2.52. The van der Waals surface area contributed by atoms with Crippen molar-refractivity contribution in [2.24, 2.45) is 0 Å². The van der Waals surface area contributed by atoms with E-state index in [1.165, 1.54) is 18.6 Å². The number of hydrogen-bond donors (Lipinski definition) is 1. The van der Waals surface area contributed by atoms with Crippen LogP contribution in [0.3, 0.4) is 0 Å². The number of benzene rings is 1. The maximum atomic E-state index is 11.7. The van der Waals surface area contributed by atoms with Crippen LogP contribution in [0.25, 0.3) is 0 Å². The summed E-state index contributed by atoms with van der Waals surface area (Å²) >= 11 is 11.7. The lowest BCUT2D eigenvalue weighted by atomic mass is 10.3. The molecule has 0 aliphatic carbocycles. The van der Waals surface area contributed by atoms with Crippen LogP contribution < -0.4 is 5.32 Å². The van der Waals surface area contributed by atoms with E-state index in [2.05, 4.69) is 15.3 Å². The predicted octanol–water partition coefficient (Wildman–Crippen LogP) is 3.04. The second-order valence-corrected chi connectivity index (χ2v) is 4.01. The first-order valence-electron chi connectivity index (χ1n) is 4.69. The first-order valence-corrected chi connectivity index (χ1v) is 5.45. The topological polar surface area (TPSA) is 54.9 Å². The first kappa shape index (κ1) is 11.8. The van der Waals surface area contributed by atoms with Gasteiger partial charge in [0, 0.05) is 17.4 Å². The zero-order valence-electron chi connectivity index (χ0n) is 8.52. The van der Waals surface area contributed by atoms with Crippen molar-refractivity contribution in [1.82, 2.24) is 9.97 Å². The second-order valence-electron chi connectivity index (χ2n) is 3.17. The van der Waals surface area contributed by atoms with E-state index in [0.29, 0.717) is 15.7 Å². The van der Waals surface area contributed by atoms with Gasteiger partial charge in [-0.2, -0.15) is 0 Å². The molecular formula is C11H7Cl2N3O. The van der Waals surface area contributed by atoms with E-state index in [9.17, 15) is 4.79 Å². The van der Waals surface area contributed by atoms with Crippen LogP contribution in [-0.2, 0) is 0 Å². The van der Waals surface area contributed by atoms with Gasteiger partial charge < -0.3 is 5.32 Å². The lowest BCUT2D eigenvalue weighted by molar-refractivity contribution is 0.102. The maximum Gasteiger partial charge on any atom is 0.275 e. The minimum atomic E-state index is -0.373. The summed E-state index contributed by atoms with van der Waals surface area (Å²) in [6.45, 7) is 0. The lowest BCUT2D eigenvalue weighted by Crippen LogP contribution is -2.13. The van der Waals surface area contributed by atoms with Crippen molar-refractivity contribution < 1.29 is 4.79 Å². The van der Waals surface area contributed by atoms with Gasteiger partial charge in [0.25, 0.3) is 5.91 Å². The number of nitrogens with zero attached hydrogens (tertiary/aromatic N) is 2. The Balaban J connectivity index is 2.19. The molecule has 2 aromatic rings. The number of nitrogens with one attached hydrogen (secondary N) is 1. The summed E-state index contributed by atoms with van der Waals surface area (Å²) in [5, 5.41) is 3.50. The molecule has 17 heavy (non-hydrogen) atoms. The standard InChI is InChI=1S/C11H7Cl2N3O/c12-7-1-2-9(8(13)5-7)16-11(17)10-6-14-3-4-15-10/h1-6H,(H,16,17). The molecule has 0 aliphatic heterocycles. The van der Waals surface area contributed by atoms with Crippen molar-refractivity contribution in [1.29, 1.82) is 0 Å². The van der Waals surface area contributed by atoms with E-state index in [-0.39, 0.29) is 11.6 Å². The maximum absolute atomic E-state index is 11.7. The molecule has 0 spiro atoms. The fraction of sp³-hybridized carbons (Fsp3) is 0. The van der Waals surface area contributed by atoms with E-state index in [1.807, 2.05) is 0 Å². The number of aromatic nitrogens is 2. The van der Waals surface area contributed by atoms with Gasteiger partial charge in [-0.1, -0.05) is 23.2 Å². The molecule has 0 aliphatic rings. The lowest BCUT2D eigenvalue weighted by Gasteiger charge is -2.06. The summed E-state index contributed by atoms with van der Waals surface area (Å²) in [7, 11) is 0. The minimum Gasteiger partial charge on any atom is -0.319 e. The SMILES string of the molecule is O=C(Nc1ccc(Cl)cc1Cl)c1cnccn1. The summed E-state index contributed by atoms with van der Waals surface area (Å²) in [5.41, 5.74) is 0.699. The molecule has 0 atom stereocenters. The van der Waals surface area contributed by atoms with Crippen LogP contribution in [0.15, 0.2) is 36.8 Å². The summed E-state index contributed by atoms with van der Waals surface area (Å²) in [6.07, 6.45) is 4.31. The Hall–Kier alpha value is -1.65. The molecule has 6 heteroatoms. The van der Waals surface area contributed by atoms with Gasteiger partial charge in [0.1, 0.15) is 5.69 Å². The molecule has 0 bridgehead atoms. The van der Waals surface area contributed by atoms with Crippen LogP contribution >= 0.6 is 23.2 Å². The Bertz CT molecular complexity index is 546. The fourth-order valence-corrected chi connectivity index (χ4v) is 1.65. The van der Waals surface area contributed by atoms with Crippen LogP contribution in [0.4, 0.5) is 5.69 Å². The smallest absolute Gasteiger partial charge is 0.275 e. The van der Waals surface area contributed by atoms with Crippen molar-refractivity contribution in [2.45, 2.75) is 0 Å². The van der Waals surface area contributed by atoms with Gasteiger partial charge in [-0.05, 0) is 18.2 Å². The molecule has 1 aromatic carbocycles. The average Bonchev–Trinajstić information content (AvgIpc) is 2.34. The highest BCUT2D eigenvalue weighted by Gasteiger charge is 2.09. The molecule has 1 heterocycles. The van der Waals surface area contributed by atoms with Crippen molar-refractivity contribution in [3.05, 3.63) is 52.5 Å². The van der Waals surface area contributed by atoms with Crippen LogP contribution in [0.1, 0.15) is 10.5 Å². The van der Waals surface area contributed by atoms with E-state index in [1.54, 1.807) is 18.2 Å². The molecule has 0 radical (unpaired) electrons. The number of amides is 1. The number of rotatable bonds is 2. The molecule has 0 saturated heterocycles. The Morgan fingerprint density at radius 2 is 2.06 bits per heavy atom. The van der Waals surface area contributed by atoms with Crippen molar-refractivity contribution in [3.8, 4) is 0 Å². The normalized spacial score (nSPS) is 10.0. The number of halogens is 2. The minimum absolute atomic E-state index is 0.221. The summed E-state index contributed by atoms with van der Waals surface area (Å²) < 4.78 is 0. The number of carbonyl (C=O) groups is 1. The molecule has 86 valence electrons. The molecule has 0 fully saturated rings. The van der Waals surface area contributed by atoms with Gasteiger partial charge in [0.05, 0.1) is 16.9 Å². The van der Waals surface area contributed by atoms with Gasteiger partial charge in [-0.25, -0.2) is 4.98 Å². The van der Waals surface area contributed by atoms with Crippen molar-refractivity contribution in [2.75, 3.05) is 5.32 Å². The molecule has 4 nitrogen and oxygen atoms in total. The van der Waals surface area contributed by atoms with Gasteiger partial charge in [0.15, 0.2) is 0 Å². The van der Waals surface area contributed by atoms with E-state index < -0.39 is 0 Å². The van der Waals surface area contributed by atoms with Crippen LogP contribution in [0.5, 0.6) is 0 Å². The van der Waals surface area contributed by atoms with E-state index in [4.69, 9.17) is 23.2 Å². The van der Waals surface area contributed by atoms with Gasteiger partial charge in [-0.15, -0.1) is 0 Å². The second kappa shape index (κ2) is 5.12. The Morgan fingerprint density at radius 3 is 2.71 bits per heavy atom. The van der Waals surface area contributed by atoms with Gasteiger partial charge in [-0.3, -0.25) is 9.78 Å². The van der Waals surface area contributed by atoms with Crippen LogP contribution in [-0.4, -0.2) is 15.9 Å². The Morgan fingerprint density at radius 1 is 1.24 bits per heavy atom. The fourth-order valence-electron chi connectivity index (χ4n) is 1.19. The van der Waals surface area contributed by atoms with Crippen LogP contribution in [0.2, 0.25) is 10.0 Å². The summed E-state index contributed by atoms with van der Waals surface area (Å²) in [6, 6.07) is 4.81. The molecule has 0 saturated carbocycles. The monoisotopic (exact) mass is 267 g/mol. The van der Waals surface area contributed by atoms with Crippen LogP contribution in [0, 0.1) is 0 Å². The average molecular weight is 268 g/mol. The highest BCUT2D eigenvalue weighted by Crippen LogP contribution is 2.25. The highest BCUT2D eigenvalue weighted by atomic mass is 35.5. The number of anilines is 1. The molecule has 1 amide bonds. The first-order chi connectivity index (χ1) is 8.16.